The van der Waals surface area contributed by atoms with Gasteiger partial charge in [-0.25, -0.2) is 0 Å². The fourth-order valence-corrected chi connectivity index (χ4v) is 2.40. The van der Waals surface area contributed by atoms with Crippen LogP contribution in [0.4, 0.5) is 0 Å². The van der Waals surface area contributed by atoms with Crippen molar-refractivity contribution in [2.24, 2.45) is 0 Å². The smallest absolute Gasteiger partial charge is 0.122 e. The summed E-state index contributed by atoms with van der Waals surface area (Å²) in [5.41, 5.74) is 2.26. The van der Waals surface area contributed by atoms with Gasteiger partial charge < -0.3 is 23.7 Å². The lowest BCUT2D eigenvalue weighted by Crippen LogP contribution is -2.14. The molecule has 0 fully saturated rings. The first-order valence-electron chi connectivity index (χ1n) is 9.37. The quantitative estimate of drug-likeness (QED) is 0.471. The van der Waals surface area contributed by atoms with Crippen molar-refractivity contribution in [1.82, 2.24) is 0 Å². The summed E-state index contributed by atoms with van der Waals surface area (Å²) in [6, 6.07) is 15.9. The predicted molar refractivity (Wildman–Crippen MR) is 106 cm³/mol. The first-order valence-corrected chi connectivity index (χ1v) is 9.37. The summed E-state index contributed by atoms with van der Waals surface area (Å²) in [7, 11) is 0. The maximum absolute atomic E-state index is 5.66. The van der Waals surface area contributed by atoms with E-state index in [2.05, 4.69) is 0 Å². The van der Waals surface area contributed by atoms with Crippen LogP contribution < -0.4 is 9.47 Å². The highest BCUT2D eigenvalue weighted by Gasteiger charge is 1.98. The van der Waals surface area contributed by atoms with Crippen molar-refractivity contribution in [3.63, 3.8) is 0 Å². The van der Waals surface area contributed by atoms with Gasteiger partial charge in [-0.2, -0.15) is 0 Å². The van der Waals surface area contributed by atoms with E-state index >= 15 is 0 Å². The molecule has 0 saturated carbocycles. The van der Waals surface area contributed by atoms with Gasteiger partial charge in [-0.1, -0.05) is 36.4 Å². The van der Waals surface area contributed by atoms with Crippen molar-refractivity contribution in [1.29, 1.82) is 0 Å². The van der Waals surface area contributed by atoms with Crippen molar-refractivity contribution in [2.75, 3.05) is 52.9 Å². The van der Waals surface area contributed by atoms with Gasteiger partial charge >= 0.3 is 0 Å². The van der Waals surface area contributed by atoms with Gasteiger partial charge in [0.15, 0.2) is 0 Å². The molecule has 0 aliphatic carbocycles. The lowest BCUT2D eigenvalue weighted by Gasteiger charge is -2.10. The van der Waals surface area contributed by atoms with Crippen molar-refractivity contribution in [2.45, 2.75) is 13.8 Å². The molecule has 0 aliphatic heterocycles. The summed E-state index contributed by atoms with van der Waals surface area (Å²) in [6.07, 6.45) is 0. The Morgan fingerprint density at radius 2 is 0.815 bits per heavy atom. The van der Waals surface area contributed by atoms with Crippen LogP contribution in [-0.2, 0) is 14.2 Å². The molecular formula is C22H30O5. The molecule has 0 N–H and O–H groups in total. The minimum absolute atomic E-state index is 0.537. The van der Waals surface area contributed by atoms with E-state index in [1.165, 1.54) is 0 Å². The minimum Gasteiger partial charge on any atom is -0.491 e. The average molecular weight is 374 g/mol. The van der Waals surface area contributed by atoms with Crippen LogP contribution in [0.25, 0.3) is 0 Å². The Labute approximate surface area is 162 Å². The Kier molecular flexibility index (Phi) is 10.3. The Bertz CT molecular complexity index is 589. The van der Waals surface area contributed by atoms with Crippen LogP contribution in [0.3, 0.4) is 0 Å². The number of aryl methyl sites for hydroxylation is 2. The van der Waals surface area contributed by atoms with Gasteiger partial charge in [0.1, 0.15) is 24.7 Å². The maximum atomic E-state index is 5.66. The summed E-state index contributed by atoms with van der Waals surface area (Å²) < 4.78 is 27.8. The van der Waals surface area contributed by atoms with Crippen molar-refractivity contribution in [3.05, 3.63) is 59.7 Å². The van der Waals surface area contributed by atoms with Gasteiger partial charge in [0, 0.05) is 0 Å². The highest BCUT2D eigenvalue weighted by atomic mass is 16.6. The first-order chi connectivity index (χ1) is 13.3. The fraction of sp³-hybridized carbons (Fsp3) is 0.455. The Morgan fingerprint density at radius 3 is 1.19 bits per heavy atom. The summed E-state index contributed by atoms with van der Waals surface area (Å²) in [5, 5.41) is 0. The molecule has 0 bridgehead atoms. The maximum Gasteiger partial charge on any atom is 0.122 e. The zero-order chi connectivity index (χ0) is 19.2. The molecule has 0 radical (unpaired) electrons. The largest absolute Gasteiger partial charge is 0.491 e. The van der Waals surface area contributed by atoms with Crippen LogP contribution in [-0.4, -0.2) is 52.9 Å². The molecule has 0 unspecified atom stereocenters. The van der Waals surface area contributed by atoms with Crippen LogP contribution in [0.5, 0.6) is 11.5 Å². The predicted octanol–water partition coefficient (Wildman–Crippen LogP) is 3.81. The Balaban J connectivity index is 1.35. The summed E-state index contributed by atoms with van der Waals surface area (Å²) >= 11 is 0. The van der Waals surface area contributed by atoms with E-state index in [1.54, 1.807) is 0 Å². The van der Waals surface area contributed by atoms with E-state index in [0.29, 0.717) is 52.9 Å². The monoisotopic (exact) mass is 374 g/mol. The lowest BCUT2D eigenvalue weighted by atomic mass is 10.2. The number of para-hydroxylation sites is 2. The fourth-order valence-electron chi connectivity index (χ4n) is 2.40. The van der Waals surface area contributed by atoms with Crippen LogP contribution in [0.2, 0.25) is 0 Å². The molecule has 2 aromatic carbocycles. The highest BCUT2D eigenvalue weighted by Crippen LogP contribution is 2.16. The SMILES string of the molecule is Cc1ccccc1OCCOCCOCCOCCOc1ccccc1C. The molecule has 0 spiro atoms. The molecule has 0 aliphatic rings. The topological polar surface area (TPSA) is 46.2 Å². The first kappa shape index (κ1) is 21.2. The summed E-state index contributed by atoms with van der Waals surface area (Å²) in [5.74, 6) is 1.81. The number of rotatable bonds is 14. The molecule has 27 heavy (non-hydrogen) atoms. The summed E-state index contributed by atoms with van der Waals surface area (Å²) in [4.78, 5) is 0. The Morgan fingerprint density at radius 1 is 0.481 bits per heavy atom. The molecule has 0 aromatic heterocycles. The van der Waals surface area contributed by atoms with E-state index < -0.39 is 0 Å². The van der Waals surface area contributed by atoms with Crippen LogP contribution in [0, 0.1) is 13.8 Å². The van der Waals surface area contributed by atoms with Crippen LogP contribution in [0.1, 0.15) is 11.1 Å². The second-order valence-electron chi connectivity index (χ2n) is 6.07. The van der Waals surface area contributed by atoms with E-state index in [9.17, 15) is 0 Å². The molecule has 2 rings (SSSR count). The third-order valence-corrected chi connectivity index (χ3v) is 3.90. The molecule has 0 heterocycles. The van der Waals surface area contributed by atoms with Crippen molar-refractivity contribution in [3.8, 4) is 11.5 Å². The van der Waals surface area contributed by atoms with Gasteiger partial charge in [-0.3, -0.25) is 0 Å². The van der Waals surface area contributed by atoms with Crippen molar-refractivity contribution < 1.29 is 23.7 Å². The molecular weight excluding hydrogens is 344 g/mol. The minimum atomic E-state index is 0.537. The van der Waals surface area contributed by atoms with E-state index in [-0.39, 0.29) is 0 Å². The molecule has 0 saturated heterocycles. The zero-order valence-corrected chi connectivity index (χ0v) is 16.3. The van der Waals surface area contributed by atoms with Gasteiger partial charge in [0.25, 0.3) is 0 Å². The van der Waals surface area contributed by atoms with Crippen LogP contribution >= 0.6 is 0 Å². The van der Waals surface area contributed by atoms with Gasteiger partial charge in [-0.05, 0) is 37.1 Å². The van der Waals surface area contributed by atoms with E-state index in [0.717, 1.165) is 22.6 Å². The second kappa shape index (κ2) is 13.1. The normalized spacial score (nSPS) is 10.7. The average Bonchev–Trinajstić information content (AvgIpc) is 2.68. The Hall–Kier alpha value is -2.08. The lowest BCUT2D eigenvalue weighted by molar-refractivity contribution is 0.00493. The van der Waals surface area contributed by atoms with Gasteiger partial charge in [-0.15, -0.1) is 0 Å². The molecule has 5 heteroatoms. The molecule has 148 valence electrons. The molecule has 0 amide bonds. The van der Waals surface area contributed by atoms with Gasteiger partial charge in [0.05, 0.1) is 39.6 Å². The highest BCUT2D eigenvalue weighted by molar-refractivity contribution is 5.32. The van der Waals surface area contributed by atoms with Gasteiger partial charge in [0.2, 0.25) is 0 Å². The van der Waals surface area contributed by atoms with Crippen LogP contribution in [0.15, 0.2) is 48.5 Å². The molecule has 2 aromatic rings. The van der Waals surface area contributed by atoms with E-state index in [1.807, 2.05) is 62.4 Å². The van der Waals surface area contributed by atoms with Crippen molar-refractivity contribution >= 4 is 0 Å². The number of hydrogen-bond donors (Lipinski definition) is 0. The standard InChI is InChI=1S/C22H30O5/c1-19-7-3-5-9-21(19)26-17-15-24-13-11-23-12-14-25-16-18-27-22-10-6-4-8-20(22)2/h3-10H,11-18H2,1-2H3. The van der Waals surface area contributed by atoms with E-state index in [4.69, 9.17) is 23.7 Å². The summed E-state index contributed by atoms with van der Waals surface area (Å²) in [6.45, 7) is 8.42. The molecule has 0 atom stereocenters. The third-order valence-electron chi connectivity index (χ3n) is 3.90. The second-order valence-corrected chi connectivity index (χ2v) is 6.07. The third kappa shape index (κ3) is 8.91. The zero-order valence-electron chi connectivity index (χ0n) is 16.3. The molecule has 5 nitrogen and oxygen atoms in total. The number of ether oxygens (including phenoxy) is 5. The number of benzene rings is 2. The number of hydrogen-bond acceptors (Lipinski definition) is 5.